The monoisotopic (exact) mass is 470 g/mol. The summed E-state index contributed by atoms with van der Waals surface area (Å²) in [7, 11) is 0. The molecule has 0 aromatic rings. The highest BCUT2D eigenvalue weighted by molar-refractivity contribution is 5.82. The number of unbranched alkanes of at least 4 members (excludes halogenated alkanes) is 16. The zero-order chi connectivity index (χ0) is 24.8. The first-order chi connectivity index (χ1) is 16.8. The van der Waals surface area contributed by atoms with Crippen molar-refractivity contribution in [3.05, 3.63) is 60.8 Å². The van der Waals surface area contributed by atoms with Gasteiger partial charge in [0.25, 0.3) is 0 Å². The maximum Gasteiger partial charge on any atom is 0.330 e. The molecule has 0 saturated heterocycles. The van der Waals surface area contributed by atoms with Crippen LogP contribution in [-0.2, 0) is 9.53 Å². The molecule has 0 spiro atoms. The fraction of sp³-hybridized carbons (Fsp3) is 0.656. The molecule has 2 nitrogen and oxygen atoms in total. The van der Waals surface area contributed by atoms with Crippen LogP contribution in [0.15, 0.2) is 60.8 Å². The van der Waals surface area contributed by atoms with Gasteiger partial charge in [-0.15, -0.1) is 0 Å². The number of carbonyl (C=O) groups is 1. The van der Waals surface area contributed by atoms with Crippen molar-refractivity contribution >= 4 is 5.97 Å². The van der Waals surface area contributed by atoms with Gasteiger partial charge in [0.05, 0.1) is 6.61 Å². The second-order valence-electron chi connectivity index (χ2n) is 9.20. The van der Waals surface area contributed by atoms with Crippen LogP contribution in [0.1, 0.15) is 129 Å². The highest BCUT2D eigenvalue weighted by Crippen LogP contribution is 2.11. The number of hydrogen-bond acceptors (Lipinski definition) is 2. The van der Waals surface area contributed by atoms with Crippen LogP contribution in [-0.4, -0.2) is 12.6 Å². The minimum Gasteiger partial charge on any atom is -0.463 e. The van der Waals surface area contributed by atoms with Crippen LogP contribution in [0.25, 0.3) is 0 Å². The van der Waals surface area contributed by atoms with Crippen LogP contribution in [0.4, 0.5) is 0 Å². The first-order valence-corrected chi connectivity index (χ1v) is 14.3. The summed E-state index contributed by atoms with van der Waals surface area (Å²) in [6.45, 7) is 5.05. The van der Waals surface area contributed by atoms with E-state index >= 15 is 0 Å². The summed E-state index contributed by atoms with van der Waals surface area (Å²) in [6.07, 6.45) is 42.9. The molecule has 0 fully saturated rings. The molecule has 0 saturated carbocycles. The second-order valence-corrected chi connectivity index (χ2v) is 9.20. The van der Waals surface area contributed by atoms with E-state index in [2.05, 4.69) is 32.1 Å². The molecular formula is C32H54O2. The van der Waals surface area contributed by atoms with Crippen molar-refractivity contribution < 1.29 is 9.53 Å². The van der Waals surface area contributed by atoms with Gasteiger partial charge in [0.1, 0.15) is 0 Å². The van der Waals surface area contributed by atoms with Gasteiger partial charge in [-0.25, -0.2) is 4.79 Å². The van der Waals surface area contributed by atoms with Crippen LogP contribution in [0.2, 0.25) is 0 Å². The van der Waals surface area contributed by atoms with Crippen LogP contribution >= 0.6 is 0 Å². The number of ether oxygens (including phenoxy) is 1. The molecule has 0 atom stereocenters. The molecule has 0 aliphatic heterocycles. The SMILES string of the molecule is CCCCCCCCCC=CC=CC=CC=CC=CC(=O)OCCCCCCCCCCCC. The Morgan fingerprint density at radius 1 is 0.500 bits per heavy atom. The highest BCUT2D eigenvalue weighted by Gasteiger charge is 1.96. The Balaban J connectivity index is 3.54. The summed E-state index contributed by atoms with van der Waals surface area (Å²) in [5.41, 5.74) is 0. The summed E-state index contributed by atoms with van der Waals surface area (Å²) in [6, 6.07) is 0. The Bertz CT molecular complexity index is 566. The average Bonchev–Trinajstić information content (AvgIpc) is 2.84. The topological polar surface area (TPSA) is 26.3 Å². The quantitative estimate of drug-likeness (QED) is 0.0607. The first-order valence-electron chi connectivity index (χ1n) is 14.3. The van der Waals surface area contributed by atoms with E-state index < -0.39 is 0 Å². The van der Waals surface area contributed by atoms with E-state index in [0.717, 1.165) is 12.8 Å². The van der Waals surface area contributed by atoms with Gasteiger partial charge in [0, 0.05) is 6.08 Å². The maximum absolute atomic E-state index is 11.7. The van der Waals surface area contributed by atoms with Gasteiger partial charge in [0.15, 0.2) is 0 Å². The van der Waals surface area contributed by atoms with E-state index in [1.807, 2.05) is 30.4 Å². The van der Waals surface area contributed by atoms with Crippen molar-refractivity contribution in [1.29, 1.82) is 0 Å². The third kappa shape index (κ3) is 28.2. The van der Waals surface area contributed by atoms with E-state index in [-0.39, 0.29) is 5.97 Å². The zero-order valence-corrected chi connectivity index (χ0v) is 22.5. The standard InChI is InChI=1S/C32H54O2/c1-3-5-7-9-11-13-15-16-17-18-19-20-21-22-24-26-28-30-32(33)34-31-29-27-25-23-14-12-10-8-6-4-2/h17-22,24,26,28,30H,3-16,23,25,27,29,31H2,1-2H3. The summed E-state index contributed by atoms with van der Waals surface area (Å²) in [5.74, 6) is -0.254. The third-order valence-electron chi connectivity index (χ3n) is 5.86. The molecule has 34 heavy (non-hydrogen) atoms. The smallest absolute Gasteiger partial charge is 0.330 e. The number of allylic oxidation sites excluding steroid dienone is 9. The van der Waals surface area contributed by atoms with Gasteiger partial charge < -0.3 is 4.74 Å². The predicted molar refractivity (Wildman–Crippen MR) is 151 cm³/mol. The summed E-state index contributed by atoms with van der Waals surface area (Å²) >= 11 is 0. The van der Waals surface area contributed by atoms with Crippen molar-refractivity contribution in [3.63, 3.8) is 0 Å². The Morgan fingerprint density at radius 2 is 0.912 bits per heavy atom. The van der Waals surface area contributed by atoms with Crippen molar-refractivity contribution in [2.75, 3.05) is 6.61 Å². The molecule has 0 heterocycles. The zero-order valence-electron chi connectivity index (χ0n) is 22.5. The van der Waals surface area contributed by atoms with Crippen LogP contribution in [0.5, 0.6) is 0 Å². The van der Waals surface area contributed by atoms with Gasteiger partial charge in [-0.3, -0.25) is 0 Å². The van der Waals surface area contributed by atoms with E-state index in [0.29, 0.717) is 6.61 Å². The van der Waals surface area contributed by atoms with Gasteiger partial charge in [-0.2, -0.15) is 0 Å². The van der Waals surface area contributed by atoms with Crippen molar-refractivity contribution in [2.24, 2.45) is 0 Å². The number of hydrogen-bond donors (Lipinski definition) is 0. The fourth-order valence-electron chi connectivity index (χ4n) is 3.72. The number of rotatable bonds is 24. The Labute approximate surface area is 212 Å². The molecular weight excluding hydrogens is 416 g/mol. The molecule has 0 aliphatic rings. The predicted octanol–water partition coefficient (Wildman–Crippen LogP) is 10.4. The molecule has 194 valence electrons. The van der Waals surface area contributed by atoms with Crippen LogP contribution < -0.4 is 0 Å². The minimum absolute atomic E-state index is 0.254. The lowest BCUT2D eigenvalue weighted by Crippen LogP contribution is -2.02. The normalized spacial score (nSPS) is 12.4. The van der Waals surface area contributed by atoms with E-state index in [1.165, 1.54) is 109 Å². The summed E-state index contributed by atoms with van der Waals surface area (Å²) < 4.78 is 5.25. The second kappa shape index (κ2) is 29.2. The van der Waals surface area contributed by atoms with Crippen LogP contribution in [0.3, 0.4) is 0 Å². The van der Waals surface area contributed by atoms with Gasteiger partial charge in [-0.1, -0.05) is 165 Å². The molecule has 0 rings (SSSR count). The molecule has 0 N–H and O–H groups in total. The molecule has 0 radical (unpaired) electrons. The minimum atomic E-state index is -0.254. The molecule has 0 amide bonds. The van der Waals surface area contributed by atoms with Crippen molar-refractivity contribution in [1.82, 2.24) is 0 Å². The van der Waals surface area contributed by atoms with Crippen molar-refractivity contribution in [2.45, 2.75) is 129 Å². The molecule has 0 aromatic carbocycles. The molecule has 0 aliphatic carbocycles. The molecule has 0 bridgehead atoms. The summed E-state index contributed by atoms with van der Waals surface area (Å²) in [4.78, 5) is 11.7. The van der Waals surface area contributed by atoms with Gasteiger partial charge in [-0.05, 0) is 19.3 Å². The lowest BCUT2D eigenvalue weighted by atomic mass is 10.1. The Kier molecular flexibility index (Phi) is 27.6. The number of esters is 1. The first kappa shape index (κ1) is 32.2. The van der Waals surface area contributed by atoms with Gasteiger partial charge >= 0.3 is 5.97 Å². The largest absolute Gasteiger partial charge is 0.463 e. The van der Waals surface area contributed by atoms with Crippen LogP contribution in [0, 0.1) is 0 Å². The Morgan fingerprint density at radius 3 is 1.44 bits per heavy atom. The number of carbonyl (C=O) groups excluding carboxylic acids is 1. The van der Waals surface area contributed by atoms with Gasteiger partial charge in [0.2, 0.25) is 0 Å². The molecule has 0 unspecified atom stereocenters. The lowest BCUT2D eigenvalue weighted by molar-refractivity contribution is -0.137. The third-order valence-corrected chi connectivity index (χ3v) is 5.86. The Hall–Kier alpha value is -1.83. The molecule has 0 aromatic heterocycles. The average molecular weight is 471 g/mol. The highest BCUT2D eigenvalue weighted by atomic mass is 16.5. The maximum atomic E-state index is 11.7. The molecule has 2 heteroatoms. The van der Waals surface area contributed by atoms with E-state index in [9.17, 15) is 4.79 Å². The lowest BCUT2D eigenvalue weighted by Gasteiger charge is -2.03. The van der Waals surface area contributed by atoms with E-state index in [4.69, 9.17) is 4.74 Å². The summed E-state index contributed by atoms with van der Waals surface area (Å²) in [5, 5.41) is 0. The fourth-order valence-corrected chi connectivity index (χ4v) is 3.72. The van der Waals surface area contributed by atoms with Crippen molar-refractivity contribution in [3.8, 4) is 0 Å². The van der Waals surface area contributed by atoms with E-state index in [1.54, 1.807) is 6.08 Å².